The van der Waals surface area contributed by atoms with Crippen molar-refractivity contribution in [3.8, 4) is 23.1 Å². The molecule has 0 bridgehead atoms. The Hall–Kier alpha value is -5.18. The van der Waals surface area contributed by atoms with Crippen molar-refractivity contribution in [1.29, 1.82) is 0 Å². The third-order valence-electron chi connectivity index (χ3n) is 8.41. The van der Waals surface area contributed by atoms with Gasteiger partial charge in [-0.3, -0.25) is 9.69 Å². The largest absolute Gasteiger partial charge is 0.493 e. The molecule has 7 nitrogen and oxygen atoms in total. The van der Waals surface area contributed by atoms with E-state index in [0.717, 1.165) is 42.9 Å². The summed E-state index contributed by atoms with van der Waals surface area (Å²) in [6, 6.07) is 31.7. The van der Waals surface area contributed by atoms with E-state index in [0.29, 0.717) is 48.7 Å². The number of hydrogen-bond acceptors (Lipinski definition) is 6. The van der Waals surface area contributed by atoms with Gasteiger partial charge in [-0.25, -0.2) is 9.37 Å². The topological polar surface area (TPSA) is 64.1 Å². The molecule has 0 saturated carbocycles. The summed E-state index contributed by atoms with van der Waals surface area (Å²) in [5.41, 5.74) is 5.37. The summed E-state index contributed by atoms with van der Waals surface area (Å²) in [5.74, 6) is 1.95. The van der Waals surface area contributed by atoms with Crippen LogP contribution in [0.4, 0.5) is 4.39 Å². The van der Waals surface area contributed by atoms with Crippen LogP contribution in [0.2, 0.25) is 5.02 Å². The molecule has 0 spiro atoms. The minimum absolute atomic E-state index is 0.0238. The lowest BCUT2D eigenvalue weighted by Crippen LogP contribution is -2.47. The van der Waals surface area contributed by atoms with E-state index in [1.165, 1.54) is 28.8 Å². The van der Waals surface area contributed by atoms with Crippen LogP contribution in [0.3, 0.4) is 0 Å². The zero-order chi connectivity index (χ0) is 34.7. The van der Waals surface area contributed by atoms with Crippen LogP contribution in [0.25, 0.3) is 6.08 Å². The monoisotopic (exact) mass is 691 g/mol. The predicted molar refractivity (Wildman–Crippen MR) is 194 cm³/mol. The fraction of sp³-hybridized carbons (Fsp3) is 0.220. The van der Waals surface area contributed by atoms with Crippen molar-refractivity contribution in [3.63, 3.8) is 0 Å². The van der Waals surface area contributed by atoms with E-state index in [1.54, 1.807) is 54.7 Å². The van der Waals surface area contributed by atoms with Crippen LogP contribution in [-0.2, 0) is 24.4 Å². The number of hydrogen-bond donors (Lipinski definition) is 0. The minimum atomic E-state index is -0.288. The number of carbonyl (C=O) groups is 1. The first kappa shape index (κ1) is 34.7. The van der Waals surface area contributed by atoms with Crippen molar-refractivity contribution in [3.05, 3.63) is 154 Å². The molecule has 1 amide bonds. The van der Waals surface area contributed by atoms with Crippen molar-refractivity contribution in [2.45, 2.75) is 26.5 Å². The van der Waals surface area contributed by atoms with Crippen molar-refractivity contribution in [2.75, 3.05) is 32.8 Å². The quantitative estimate of drug-likeness (QED) is 0.115. The fourth-order valence-electron chi connectivity index (χ4n) is 5.47. The molecule has 4 aromatic carbocycles. The van der Waals surface area contributed by atoms with Gasteiger partial charge in [-0.2, -0.15) is 0 Å². The van der Waals surface area contributed by atoms with Crippen LogP contribution in [0.5, 0.6) is 23.1 Å². The molecule has 2 heterocycles. The summed E-state index contributed by atoms with van der Waals surface area (Å²) < 4.78 is 30.5. The number of amides is 1. The van der Waals surface area contributed by atoms with Gasteiger partial charge >= 0.3 is 0 Å². The van der Waals surface area contributed by atoms with E-state index in [-0.39, 0.29) is 11.7 Å². The fourth-order valence-corrected chi connectivity index (χ4v) is 5.69. The number of ether oxygens (including phenoxy) is 3. The second kappa shape index (κ2) is 17.0. The van der Waals surface area contributed by atoms with Gasteiger partial charge in [0.1, 0.15) is 29.7 Å². The van der Waals surface area contributed by atoms with E-state index in [4.69, 9.17) is 25.8 Å². The summed E-state index contributed by atoms with van der Waals surface area (Å²) in [5, 5.41) is 0.398. The summed E-state index contributed by atoms with van der Waals surface area (Å²) in [6.07, 6.45) is 5.77. The maximum absolute atomic E-state index is 13.1. The molecule has 9 heteroatoms. The van der Waals surface area contributed by atoms with Crippen molar-refractivity contribution >= 4 is 23.6 Å². The molecule has 50 heavy (non-hydrogen) atoms. The molecule has 1 aliphatic heterocycles. The lowest BCUT2D eigenvalue weighted by Gasteiger charge is -2.34. The van der Waals surface area contributed by atoms with Crippen LogP contribution in [0.15, 0.2) is 115 Å². The number of benzene rings is 4. The number of carbonyl (C=O) groups excluding carboxylic acids is 1. The molecule has 1 saturated heterocycles. The van der Waals surface area contributed by atoms with Crippen molar-refractivity contribution < 1.29 is 23.4 Å². The Morgan fingerprint density at radius 3 is 2.22 bits per heavy atom. The molecule has 0 aliphatic carbocycles. The highest BCUT2D eigenvalue weighted by Crippen LogP contribution is 2.30. The summed E-state index contributed by atoms with van der Waals surface area (Å²) in [6.45, 7) is 6.85. The van der Waals surface area contributed by atoms with Gasteiger partial charge in [-0.1, -0.05) is 71.8 Å². The highest BCUT2D eigenvalue weighted by Gasteiger charge is 2.19. The summed E-state index contributed by atoms with van der Waals surface area (Å²) in [4.78, 5) is 21.5. The van der Waals surface area contributed by atoms with Crippen LogP contribution < -0.4 is 14.2 Å². The average Bonchev–Trinajstić information content (AvgIpc) is 3.14. The lowest BCUT2D eigenvalue weighted by molar-refractivity contribution is -0.127. The third-order valence-corrected chi connectivity index (χ3v) is 8.71. The van der Waals surface area contributed by atoms with Gasteiger partial charge in [0.2, 0.25) is 11.8 Å². The lowest BCUT2D eigenvalue weighted by atomic mass is 10.1. The smallest absolute Gasteiger partial charge is 0.246 e. The Labute approximate surface area is 297 Å². The molecular weight excluding hydrogens is 653 g/mol. The first-order valence-electron chi connectivity index (χ1n) is 16.6. The molecule has 0 radical (unpaired) electrons. The van der Waals surface area contributed by atoms with Gasteiger partial charge in [-0.05, 0) is 77.7 Å². The Balaban J connectivity index is 0.910. The van der Waals surface area contributed by atoms with Gasteiger partial charge in [0.05, 0.1) is 17.8 Å². The first-order valence-corrected chi connectivity index (χ1v) is 17.0. The maximum atomic E-state index is 13.1. The number of nitrogens with zero attached hydrogens (tertiary/aromatic N) is 3. The van der Waals surface area contributed by atoms with Gasteiger partial charge < -0.3 is 19.1 Å². The zero-order valence-corrected chi connectivity index (χ0v) is 28.7. The predicted octanol–water partition coefficient (Wildman–Crippen LogP) is 8.53. The van der Waals surface area contributed by atoms with E-state index in [1.807, 2.05) is 23.1 Å². The zero-order valence-electron chi connectivity index (χ0n) is 27.9. The normalized spacial score (nSPS) is 13.4. The van der Waals surface area contributed by atoms with E-state index >= 15 is 0 Å². The van der Waals surface area contributed by atoms with E-state index in [9.17, 15) is 9.18 Å². The standard InChI is InChI=1S/C41H39ClFN3O4/c1-30-2-14-36(15-3-30)48-25-20-31-4-6-33(7-5-31)28-45-21-23-46(24-22-45)41(47)19-11-32-10-17-39(38(42)26-32)50-40-18-16-37(27-44-40)49-29-34-8-12-35(43)13-9-34/h2-19,26-27H,20-25,28-29H2,1H3. The molecule has 1 aliphatic rings. The van der Waals surface area contributed by atoms with Crippen LogP contribution in [0.1, 0.15) is 27.8 Å². The van der Waals surface area contributed by atoms with E-state index in [2.05, 4.69) is 53.2 Å². The molecule has 6 rings (SSSR count). The SMILES string of the molecule is Cc1ccc(OCCc2ccc(CN3CCN(C(=O)C=Cc4ccc(Oc5ccc(OCc6ccc(F)cc6)cn5)c(Cl)c4)CC3)cc2)cc1. The van der Waals surface area contributed by atoms with Crippen molar-refractivity contribution in [2.24, 2.45) is 0 Å². The maximum Gasteiger partial charge on any atom is 0.246 e. The highest BCUT2D eigenvalue weighted by molar-refractivity contribution is 6.32. The Morgan fingerprint density at radius 2 is 1.52 bits per heavy atom. The number of aryl methyl sites for hydroxylation is 1. The molecule has 256 valence electrons. The number of halogens is 2. The molecule has 5 aromatic rings. The molecular formula is C41H39ClFN3O4. The number of rotatable bonds is 13. The second-order valence-corrected chi connectivity index (χ2v) is 12.6. The molecule has 0 unspecified atom stereocenters. The van der Waals surface area contributed by atoms with Gasteiger partial charge in [0.25, 0.3) is 0 Å². The number of pyridine rings is 1. The van der Waals surface area contributed by atoms with E-state index < -0.39 is 0 Å². The van der Waals surface area contributed by atoms with Gasteiger partial charge in [0.15, 0.2) is 0 Å². The number of aromatic nitrogens is 1. The van der Waals surface area contributed by atoms with Crippen molar-refractivity contribution in [1.82, 2.24) is 14.8 Å². The summed E-state index contributed by atoms with van der Waals surface area (Å²) in [7, 11) is 0. The first-order chi connectivity index (χ1) is 24.4. The highest BCUT2D eigenvalue weighted by atomic mass is 35.5. The molecule has 1 fully saturated rings. The third kappa shape index (κ3) is 10.2. The average molecular weight is 692 g/mol. The Morgan fingerprint density at radius 1 is 0.820 bits per heavy atom. The Kier molecular flexibility index (Phi) is 11.8. The second-order valence-electron chi connectivity index (χ2n) is 12.2. The van der Waals surface area contributed by atoms with Gasteiger partial charge in [0, 0.05) is 51.3 Å². The summed E-state index contributed by atoms with van der Waals surface area (Å²) >= 11 is 6.50. The Bertz CT molecular complexity index is 1870. The van der Waals surface area contributed by atoms with Gasteiger partial charge in [-0.15, -0.1) is 0 Å². The van der Waals surface area contributed by atoms with Crippen LogP contribution >= 0.6 is 11.6 Å². The molecule has 0 atom stereocenters. The van der Waals surface area contributed by atoms with Crippen LogP contribution in [0, 0.1) is 12.7 Å². The van der Waals surface area contributed by atoms with Crippen LogP contribution in [-0.4, -0.2) is 53.5 Å². The number of piperazine rings is 1. The molecule has 1 aromatic heterocycles. The molecule has 0 N–H and O–H groups in total. The minimum Gasteiger partial charge on any atom is -0.493 e.